The van der Waals surface area contributed by atoms with E-state index in [9.17, 15) is 5.11 Å². The van der Waals surface area contributed by atoms with E-state index in [0.717, 1.165) is 11.3 Å². The number of thioether (sulfide) groups is 2. The largest absolute Gasteiger partial charge is 0.385 e. The number of aliphatic hydroxyl groups is 1. The van der Waals surface area contributed by atoms with E-state index in [1.165, 1.54) is 10.1 Å². The molecule has 0 radical (unpaired) electrons. The summed E-state index contributed by atoms with van der Waals surface area (Å²) < 4.78 is 1.42. The first-order valence-corrected chi connectivity index (χ1v) is 13.2. The van der Waals surface area contributed by atoms with Crippen molar-refractivity contribution < 1.29 is 5.11 Å². The monoisotopic (exact) mass is 338 g/mol. The zero-order chi connectivity index (χ0) is 15.9. The molecule has 0 aliphatic carbocycles. The van der Waals surface area contributed by atoms with Crippen molar-refractivity contribution in [3.63, 3.8) is 0 Å². The Morgan fingerprint density at radius 1 is 1.19 bits per heavy atom. The van der Waals surface area contributed by atoms with E-state index < -0.39 is 14.2 Å². The number of aliphatic hydroxyl groups excluding tert-OH is 1. The standard InChI is InChI=1S/C17H26OS2Si/c1-19-13-15(17(20-2)21(3,4)5)16(18)12-11-14-9-7-6-8-10-14/h6-12,16,18H,13H2,1-5H3/b12-11+,17-15+. The van der Waals surface area contributed by atoms with Crippen LogP contribution in [0.3, 0.4) is 0 Å². The van der Waals surface area contributed by atoms with Crippen LogP contribution in [0.2, 0.25) is 19.6 Å². The van der Waals surface area contributed by atoms with Crippen LogP contribution in [-0.4, -0.2) is 37.5 Å². The number of hydrogen-bond acceptors (Lipinski definition) is 3. The minimum atomic E-state index is -1.42. The Hall–Kier alpha value is -0.423. The molecule has 0 aliphatic heterocycles. The van der Waals surface area contributed by atoms with Crippen molar-refractivity contribution in [2.45, 2.75) is 25.7 Å². The van der Waals surface area contributed by atoms with Gasteiger partial charge in [0, 0.05) is 5.75 Å². The van der Waals surface area contributed by atoms with Gasteiger partial charge in [0.2, 0.25) is 0 Å². The van der Waals surface area contributed by atoms with Crippen LogP contribution in [0.25, 0.3) is 6.08 Å². The summed E-state index contributed by atoms with van der Waals surface area (Å²) in [5, 5.41) is 10.6. The molecule has 1 rings (SSSR count). The summed E-state index contributed by atoms with van der Waals surface area (Å²) >= 11 is 3.59. The summed E-state index contributed by atoms with van der Waals surface area (Å²) in [4.78, 5) is 0. The van der Waals surface area contributed by atoms with Crippen LogP contribution in [0.1, 0.15) is 5.56 Å². The first kappa shape index (κ1) is 18.6. The van der Waals surface area contributed by atoms with Gasteiger partial charge in [-0.05, 0) is 28.2 Å². The molecule has 0 aliphatic rings. The minimum Gasteiger partial charge on any atom is -0.385 e. The molecule has 0 saturated heterocycles. The zero-order valence-electron chi connectivity index (χ0n) is 13.6. The van der Waals surface area contributed by atoms with Crippen LogP contribution in [0.5, 0.6) is 0 Å². The highest BCUT2D eigenvalue weighted by Gasteiger charge is 2.25. The molecule has 1 aromatic carbocycles. The first-order valence-electron chi connectivity index (χ1n) is 7.08. The third-order valence-corrected chi connectivity index (χ3v) is 8.51. The highest BCUT2D eigenvalue weighted by Crippen LogP contribution is 2.31. The average molecular weight is 339 g/mol. The minimum absolute atomic E-state index is 0.494. The quantitative estimate of drug-likeness (QED) is 0.713. The van der Waals surface area contributed by atoms with Gasteiger partial charge in [0.25, 0.3) is 0 Å². The first-order chi connectivity index (χ1) is 9.90. The van der Waals surface area contributed by atoms with Gasteiger partial charge >= 0.3 is 0 Å². The van der Waals surface area contributed by atoms with Gasteiger partial charge in [-0.2, -0.15) is 11.8 Å². The Kier molecular flexibility index (Phi) is 7.88. The van der Waals surface area contributed by atoms with Gasteiger partial charge in [0.05, 0.1) is 14.2 Å². The van der Waals surface area contributed by atoms with Gasteiger partial charge < -0.3 is 5.11 Å². The Morgan fingerprint density at radius 2 is 1.81 bits per heavy atom. The average Bonchev–Trinajstić information content (AvgIpc) is 2.44. The number of hydrogen-bond donors (Lipinski definition) is 1. The molecule has 1 unspecified atom stereocenters. The fraction of sp³-hybridized carbons (Fsp3) is 0.412. The van der Waals surface area contributed by atoms with Crippen LogP contribution in [0.4, 0.5) is 0 Å². The van der Waals surface area contributed by atoms with Crippen LogP contribution >= 0.6 is 23.5 Å². The second-order valence-corrected chi connectivity index (χ2v) is 13.0. The smallest absolute Gasteiger partial charge is 0.0949 e. The molecule has 4 heteroatoms. The molecule has 0 bridgehead atoms. The van der Waals surface area contributed by atoms with E-state index >= 15 is 0 Å². The summed E-state index contributed by atoms with van der Waals surface area (Å²) in [6.45, 7) is 7.02. The van der Waals surface area contributed by atoms with E-state index in [1.807, 2.05) is 42.1 Å². The maximum absolute atomic E-state index is 10.6. The molecule has 1 N–H and O–H groups in total. The lowest BCUT2D eigenvalue weighted by Gasteiger charge is -2.25. The Balaban J connectivity index is 3.05. The van der Waals surface area contributed by atoms with E-state index in [1.54, 1.807) is 11.8 Å². The molecular weight excluding hydrogens is 312 g/mol. The van der Waals surface area contributed by atoms with Crippen molar-refractivity contribution >= 4 is 37.7 Å². The topological polar surface area (TPSA) is 20.2 Å². The summed E-state index contributed by atoms with van der Waals surface area (Å²) in [6, 6.07) is 10.1. The van der Waals surface area contributed by atoms with E-state index in [4.69, 9.17) is 0 Å². The lowest BCUT2D eigenvalue weighted by Crippen LogP contribution is -2.27. The molecular formula is C17H26OS2Si. The summed E-state index contributed by atoms with van der Waals surface area (Å²) in [5.74, 6) is 0.890. The molecule has 0 amide bonds. The van der Waals surface area contributed by atoms with Crippen molar-refractivity contribution in [3.8, 4) is 0 Å². The SMILES string of the molecule is CSC/C(=C(/SC)[Si](C)(C)C)C(O)/C=C/c1ccccc1. The maximum Gasteiger partial charge on any atom is 0.0949 e. The fourth-order valence-electron chi connectivity index (χ4n) is 2.24. The Bertz CT molecular complexity index is 489. The van der Waals surface area contributed by atoms with Gasteiger partial charge in [0.15, 0.2) is 0 Å². The molecule has 1 aromatic rings. The third kappa shape index (κ3) is 6.07. The molecule has 116 valence electrons. The van der Waals surface area contributed by atoms with Crippen molar-refractivity contribution in [3.05, 3.63) is 52.1 Å². The summed E-state index contributed by atoms with van der Waals surface area (Å²) in [7, 11) is -1.42. The molecule has 0 saturated carbocycles. The predicted octanol–water partition coefficient (Wildman–Crippen LogP) is 4.92. The number of benzene rings is 1. The lowest BCUT2D eigenvalue weighted by molar-refractivity contribution is 0.260. The van der Waals surface area contributed by atoms with Gasteiger partial charge in [-0.1, -0.05) is 62.1 Å². The van der Waals surface area contributed by atoms with Crippen molar-refractivity contribution in [1.29, 1.82) is 0 Å². The van der Waals surface area contributed by atoms with Gasteiger partial charge in [-0.3, -0.25) is 0 Å². The Morgan fingerprint density at radius 3 is 2.29 bits per heavy atom. The summed E-state index contributed by atoms with van der Waals surface area (Å²) in [6.07, 6.45) is 7.65. The fourth-order valence-corrected chi connectivity index (χ4v) is 7.19. The van der Waals surface area contributed by atoms with Gasteiger partial charge in [-0.15, -0.1) is 11.8 Å². The zero-order valence-corrected chi connectivity index (χ0v) is 16.2. The van der Waals surface area contributed by atoms with Crippen LogP contribution in [0, 0.1) is 0 Å². The maximum atomic E-state index is 10.6. The Labute approximate surface area is 138 Å². The highest BCUT2D eigenvalue weighted by atomic mass is 32.2. The second kappa shape index (κ2) is 8.88. The van der Waals surface area contributed by atoms with E-state index in [2.05, 4.69) is 44.3 Å². The molecule has 21 heavy (non-hydrogen) atoms. The van der Waals surface area contributed by atoms with Crippen molar-refractivity contribution in [1.82, 2.24) is 0 Å². The van der Waals surface area contributed by atoms with Crippen molar-refractivity contribution in [2.24, 2.45) is 0 Å². The van der Waals surface area contributed by atoms with Gasteiger partial charge in [0.1, 0.15) is 0 Å². The molecule has 1 nitrogen and oxygen atoms in total. The molecule has 0 heterocycles. The van der Waals surface area contributed by atoms with Crippen molar-refractivity contribution in [2.75, 3.05) is 18.3 Å². The predicted molar refractivity (Wildman–Crippen MR) is 104 cm³/mol. The molecule has 0 spiro atoms. The van der Waals surface area contributed by atoms with Crippen LogP contribution in [0.15, 0.2) is 46.5 Å². The lowest BCUT2D eigenvalue weighted by atomic mass is 10.1. The molecule has 0 fully saturated rings. The third-order valence-electron chi connectivity index (χ3n) is 3.10. The highest BCUT2D eigenvalue weighted by molar-refractivity contribution is 8.04. The van der Waals surface area contributed by atoms with E-state index in [-0.39, 0.29) is 0 Å². The molecule has 1 atom stereocenters. The normalized spacial score (nSPS) is 15.1. The second-order valence-electron chi connectivity index (χ2n) is 5.96. The van der Waals surface area contributed by atoms with Crippen LogP contribution < -0.4 is 0 Å². The number of rotatable bonds is 7. The van der Waals surface area contributed by atoms with Crippen LogP contribution in [-0.2, 0) is 0 Å². The summed E-state index contributed by atoms with van der Waals surface area (Å²) in [5.41, 5.74) is 2.31. The molecule has 0 aromatic heterocycles. The van der Waals surface area contributed by atoms with E-state index in [0.29, 0.717) is 0 Å². The van der Waals surface area contributed by atoms with Gasteiger partial charge in [-0.25, -0.2) is 0 Å².